The molecule has 0 saturated carbocycles. The first-order chi connectivity index (χ1) is 9.38. The minimum Gasteiger partial charge on any atom is -0.497 e. The predicted octanol–water partition coefficient (Wildman–Crippen LogP) is 2.94. The molecular weight excluding hydrogens is 238 g/mol. The van der Waals surface area contributed by atoms with E-state index in [0.29, 0.717) is 0 Å². The fourth-order valence-electron chi connectivity index (χ4n) is 1.97. The smallest absolute Gasteiger partial charge is 0.168 e. The molecule has 0 aliphatic carbocycles. The Bertz CT molecular complexity index is 677. The number of methoxy groups -OCH3 is 1. The van der Waals surface area contributed by atoms with Crippen LogP contribution in [0.1, 0.15) is 0 Å². The van der Waals surface area contributed by atoms with Gasteiger partial charge in [-0.2, -0.15) is 0 Å². The third kappa shape index (κ3) is 2.20. The van der Waals surface area contributed by atoms with Crippen molar-refractivity contribution in [3.63, 3.8) is 0 Å². The maximum atomic E-state index is 5.24. The molecule has 0 N–H and O–H groups in total. The fraction of sp³-hybridized carbons (Fsp3) is 0.0667. The lowest BCUT2D eigenvalue weighted by Crippen LogP contribution is -1.96. The number of nitrogens with zero attached hydrogens (tertiary/aromatic N) is 3. The summed E-state index contributed by atoms with van der Waals surface area (Å²) in [5, 5.41) is 8.20. The van der Waals surface area contributed by atoms with Gasteiger partial charge in [0.15, 0.2) is 5.82 Å². The molecule has 3 rings (SSSR count). The zero-order valence-corrected chi connectivity index (χ0v) is 10.5. The largest absolute Gasteiger partial charge is 0.497 e. The van der Waals surface area contributed by atoms with Gasteiger partial charge in [-0.15, -0.1) is 10.2 Å². The number of hydrogen-bond acceptors (Lipinski definition) is 3. The Morgan fingerprint density at radius 1 is 1.00 bits per heavy atom. The van der Waals surface area contributed by atoms with Gasteiger partial charge in [-0.3, -0.25) is 4.57 Å². The second-order valence-electron chi connectivity index (χ2n) is 4.09. The molecule has 1 heterocycles. The second kappa shape index (κ2) is 4.94. The number of benzene rings is 2. The summed E-state index contributed by atoms with van der Waals surface area (Å²) in [6.07, 6.45) is 1.71. The molecule has 0 fully saturated rings. The average Bonchev–Trinajstić information content (AvgIpc) is 2.98. The Kier molecular flexibility index (Phi) is 2.98. The van der Waals surface area contributed by atoms with Gasteiger partial charge in [-0.25, -0.2) is 0 Å². The number of para-hydroxylation sites is 1. The van der Waals surface area contributed by atoms with Crippen LogP contribution in [0.15, 0.2) is 60.9 Å². The third-order valence-electron chi connectivity index (χ3n) is 2.91. The molecule has 0 amide bonds. The standard InChI is InChI=1S/C15H13N3O/c1-19-14-9-5-6-12(10-14)15-17-16-11-18(15)13-7-3-2-4-8-13/h2-11H,1H3. The molecule has 0 unspecified atom stereocenters. The fourth-order valence-corrected chi connectivity index (χ4v) is 1.97. The highest BCUT2D eigenvalue weighted by atomic mass is 16.5. The van der Waals surface area contributed by atoms with Crippen molar-refractivity contribution >= 4 is 0 Å². The number of ether oxygens (including phenoxy) is 1. The van der Waals surface area contributed by atoms with E-state index in [0.717, 1.165) is 22.8 Å². The molecule has 0 aliphatic rings. The molecule has 0 bridgehead atoms. The summed E-state index contributed by atoms with van der Waals surface area (Å²) in [6, 6.07) is 17.8. The summed E-state index contributed by atoms with van der Waals surface area (Å²) >= 11 is 0. The zero-order valence-electron chi connectivity index (χ0n) is 10.5. The van der Waals surface area contributed by atoms with E-state index in [-0.39, 0.29) is 0 Å². The van der Waals surface area contributed by atoms with Crippen LogP contribution in [-0.4, -0.2) is 21.9 Å². The highest BCUT2D eigenvalue weighted by Gasteiger charge is 2.09. The SMILES string of the molecule is COc1cccc(-c2nncn2-c2ccccc2)c1. The summed E-state index contributed by atoms with van der Waals surface area (Å²) in [7, 11) is 1.65. The molecule has 0 aliphatic heterocycles. The Balaban J connectivity index is 2.09. The Hall–Kier alpha value is -2.62. The van der Waals surface area contributed by atoms with E-state index in [1.165, 1.54) is 0 Å². The minimum absolute atomic E-state index is 0.796. The van der Waals surface area contributed by atoms with Crippen molar-refractivity contribution in [2.75, 3.05) is 7.11 Å². The van der Waals surface area contributed by atoms with E-state index in [9.17, 15) is 0 Å². The van der Waals surface area contributed by atoms with Crippen LogP contribution in [0.4, 0.5) is 0 Å². The van der Waals surface area contributed by atoms with Crippen molar-refractivity contribution in [2.45, 2.75) is 0 Å². The molecular formula is C15H13N3O. The van der Waals surface area contributed by atoms with E-state index in [1.807, 2.05) is 59.2 Å². The maximum absolute atomic E-state index is 5.24. The first-order valence-electron chi connectivity index (χ1n) is 5.98. The molecule has 0 atom stereocenters. The van der Waals surface area contributed by atoms with Crippen LogP contribution >= 0.6 is 0 Å². The van der Waals surface area contributed by atoms with Crippen molar-refractivity contribution in [3.05, 3.63) is 60.9 Å². The van der Waals surface area contributed by atoms with Crippen molar-refractivity contribution in [2.24, 2.45) is 0 Å². The summed E-state index contributed by atoms with van der Waals surface area (Å²) in [4.78, 5) is 0. The second-order valence-corrected chi connectivity index (χ2v) is 4.09. The van der Waals surface area contributed by atoms with Crippen molar-refractivity contribution in [1.82, 2.24) is 14.8 Å². The van der Waals surface area contributed by atoms with Gasteiger partial charge in [-0.1, -0.05) is 30.3 Å². The van der Waals surface area contributed by atoms with Gasteiger partial charge in [0.1, 0.15) is 12.1 Å². The summed E-state index contributed by atoms with van der Waals surface area (Å²) in [5.74, 6) is 1.60. The predicted molar refractivity (Wildman–Crippen MR) is 73.3 cm³/mol. The highest BCUT2D eigenvalue weighted by molar-refractivity contribution is 5.60. The molecule has 19 heavy (non-hydrogen) atoms. The molecule has 2 aromatic carbocycles. The highest BCUT2D eigenvalue weighted by Crippen LogP contribution is 2.23. The number of hydrogen-bond donors (Lipinski definition) is 0. The van der Waals surface area contributed by atoms with E-state index in [1.54, 1.807) is 13.4 Å². The molecule has 1 aromatic heterocycles. The van der Waals surface area contributed by atoms with E-state index >= 15 is 0 Å². The van der Waals surface area contributed by atoms with Gasteiger partial charge in [0.05, 0.1) is 7.11 Å². The first-order valence-corrected chi connectivity index (χ1v) is 5.98. The van der Waals surface area contributed by atoms with Crippen molar-refractivity contribution in [1.29, 1.82) is 0 Å². The Morgan fingerprint density at radius 2 is 1.84 bits per heavy atom. The van der Waals surface area contributed by atoms with Gasteiger partial charge in [0, 0.05) is 11.3 Å². The molecule has 94 valence electrons. The molecule has 4 nitrogen and oxygen atoms in total. The lowest BCUT2D eigenvalue weighted by molar-refractivity contribution is 0.415. The number of rotatable bonds is 3. The van der Waals surface area contributed by atoms with Gasteiger partial charge >= 0.3 is 0 Å². The number of aromatic nitrogens is 3. The summed E-state index contributed by atoms with van der Waals surface area (Å²) < 4.78 is 7.19. The molecule has 3 aromatic rings. The Labute approximate surface area is 111 Å². The van der Waals surface area contributed by atoms with Crippen LogP contribution in [0.5, 0.6) is 5.75 Å². The lowest BCUT2D eigenvalue weighted by Gasteiger charge is -2.07. The van der Waals surface area contributed by atoms with Crippen molar-refractivity contribution < 1.29 is 4.74 Å². The van der Waals surface area contributed by atoms with Gasteiger partial charge in [0.2, 0.25) is 0 Å². The van der Waals surface area contributed by atoms with Crippen LogP contribution in [0.25, 0.3) is 17.1 Å². The van der Waals surface area contributed by atoms with Crippen molar-refractivity contribution in [3.8, 4) is 22.8 Å². The van der Waals surface area contributed by atoms with Crippen LogP contribution in [-0.2, 0) is 0 Å². The van der Waals surface area contributed by atoms with Crippen LogP contribution in [0, 0.1) is 0 Å². The van der Waals surface area contributed by atoms with Gasteiger partial charge in [0.25, 0.3) is 0 Å². The summed E-state index contributed by atoms with van der Waals surface area (Å²) in [6.45, 7) is 0. The van der Waals surface area contributed by atoms with Gasteiger partial charge in [-0.05, 0) is 24.3 Å². The first kappa shape index (κ1) is 11.5. The van der Waals surface area contributed by atoms with E-state index < -0.39 is 0 Å². The molecule has 4 heteroatoms. The lowest BCUT2D eigenvalue weighted by atomic mass is 10.2. The van der Waals surface area contributed by atoms with Crippen LogP contribution in [0.3, 0.4) is 0 Å². The quantitative estimate of drug-likeness (QED) is 0.718. The Morgan fingerprint density at radius 3 is 2.63 bits per heavy atom. The average molecular weight is 251 g/mol. The minimum atomic E-state index is 0.796. The normalized spacial score (nSPS) is 10.4. The summed E-state index contributed by atoms with van der Waals surface area (Å²) in [5.41, 5.74) is 2.01. The monoisotopic (exact) mass is 251 g/mol. The molecule has 0 saturated heterocycles. The maximum Gasteiger partial charge on any atom is 0.168 e. The zero-order chi connectivity index (χ0) is 13.1. The molecule has 0 spiro atoms. The van der Waals surface area contributed by atoms with E-state index in [4.69, 9.17) is 4.74 Å². The van der Waals surface area contributed by atoms with E-state index in [2.05, 4.69) is 10.2 Å². The van der Waals surface area contributed by atoms with Gasteiger partial charge < -0.3 is 4.74 Å². The topological polar surface area (TPSA) is 39.9 Å². The molecule has 0 radical (unpaired) electrons. The third-order valence-corrected chi connectivity index (χ3v) is 2.91. The van der Waals surface area contributed by atoms with Crippen LogP contribution in [0.2, 0.25) is 0 Å². The van der Waals surface area contributed by atoms with Crippen LogP contribution < -0.4 is 4.74 Å².